The van der Waals surface area contributed by atoms with Crippen LogP contribution in [0.4, 0.5) is 5.69 Å². The van der Waals surface area contributed by atoms with Crippen LogP contribution in [-0.2, 0) is 0 Å². The summed E-state index contributed by atoms with van der Waals surface area (Å²) < 4.78 is 0. The Hall–Kier alpha value is -3.72. The third-order valence-corrected chi connectivity index (χ3v) is 4.85. The number of hydrogen-bond donors (Lipinski definition) is 1. The van der Waals surface area contributed by atoms with Crippen molar-refractivity contribution in [2.24, 2.45) is 0 Å². The summed E-state index contributed by atoms with van der Waals surface area (Å²) in [4.78, 5) is 9.26. The van der Waals surface area contributed by atoms with E-state index in [2.05, 4.69) is 65.6 Å². The van der Waals surface area contributed by atoms with Crippen molar-refractivity contribution in [1.82, 2.24) is 9.97 Å². The van der Waals surface area contributed by atoms with Crippen LogP contribution >= 0.6 is 0 Å². The van der Waals surface area contributed by atoms with Gasteiger partial charge in [0.15, 0.2) is 5.82 Å². The molecule has 0 atom stereocenters. The minimum atomic E-state index is 0.579. The molecule has 0 fully saturated rings. The highest BCUT2D eigenvalue weighted by Crippen LogP contribution is 2.29. The predicted octanol–water partition coefficient (Wildman–Crippen LogP) is 5.70. The first kappa shape index (κ1) is 15.5. The van der Waals surface area contributed by atoms with Crippen molar-refractivity contribution in [2.45, 2.75) is 0 Å². The van der Waals surface area contributed by atoms with E-state index >= 15 is 0 Å². The molecule has 0 saturated carbocycles. The quantitative estimate of drug-likeness (QED) is 0.446. The minimum absolute atomic E-state index is 0.579. The lowest BCUT2D eigenvalue weighted by Gasteiger charge is -2.09. The van der Waals surface area contributed by atoms with E-state index in [1.54, 1.807) is 6.20 Å². The first-order chi connectivity index (χ1) is 13.3. The average Bonchev–Trinajstić information content (AvgIpc) is 2.73. The largest absolute Gasteiger partial charge is 0.396 e. The molecular formula is C24H17N3. The monoisotopic (exact) mass is 347 g/mol. The Bertz CT molecular complexity index is 1290. The lowest BCUT2D eigenvalue weighted by Crippen LogP contribution is -1.98. The fourth-order valence-electron chi connectivity index (χ4n) is 3.43. The number of nitrogens with zero attached hydrogens (tertiary/aromatic N) is 2. The number of anilines is 1. The number of nitrogen functional groups attached to an aromatic ring is 1. The van der Waals surface area contributed by atoms with E-state index in [1.807, 2.05) is 24.3 Å². The van der Waals surface area contributed by atoms with E-state index in [4.69, 9.17) is 10.7 Å². The highest BCUT2D eigenvalue weighted by atomic mass is 14.9. The van der Waals surface area contributed by atoms with Crippen LogP contribution in [0.15, 0.2) is 91.1 Å². The van der Waals surface area contributed by atoms with Crippen LogP contribution in [0.5, 0.6) is 0 Å². The molecule has 1 aromatic heterocycles. The smallest absolute Gasteiger partial charge is 0.159 e. The number of fused-ring (bicyclic) bond motifs is 2. The second-order valence-electron chi connectivity index (χ2n) is 6.62. The van der Waals surface area contributed by atoms with E-state index in [-0.39, 0.29) is 0 Å². The van der Waals surface area contributed by atoms with Crippen LogP contribution in [-0.4, -0.2) is 9.97 Å². The molecule has 27 heavy (non-hydrogen) atoms. The predicted molar refractivity (Wildman–Crippen MR) is 112 cm³/mol. The fourth-order valence-corrected chi connectivity index (χ4v) is 3.43. The second-order valence-corrected chi connectivity index (χ2v) is 6.62. The Morgan fingerprint density at radius 1 is 0.593 bits per heavy atom. The molecule has 0 amide bonds. The molecule has 2 N–H and O–H groups in total. The van der Waals surface area contributed by atoms with E-state index in [1.165, 1.54) is 21.5 Å². The zero-order valence-electron chi connectivity index (χ0n) is 14.6. The van der Waals surface area contributed by atoms with Crippen LogP contribution in [0.3, 0.4) is 0 Å². The molecule has 0 radical (unpaired) electrons. The summed E-state index contributed by atoms with van der Waals surface area (Å²) in [5.74, 6) is 0.679. The van der Waals surface area contributed by atoms with E-state index < -0.39 is 0 Å². The molecule has 128 valence electrons. The molecule has 0 saturated heterocycles. The van der Waals surface area contributed by atoms with Gasteiger partial charge >= 0.3 is 0 Å². The lowest BCUT2D eigenvalue weighted by molar-refractivity contribution is 1.19. The van der Waals surface area contributed by atoms with E-state index in [0.717, 1.165) is 16.8 Å². The minimum Gasteiger partial charge on any atom is -0.396 e. The number of hydrogen-bond acceptors (Lipinski definition) is 3. The van der Waals surface area contributed by atoms with Crippen LogP contribution in [0.1, 0.15) is 0 Å². The van der Waals surface area contributed by atoms with Gasteiger partial charge in [-0.1, -0.05) is 72.8 Å². The van der Waals surface area contributed by atoms with Gasteiger partial charge in [0.25, 0.3) is 0 Å². The SMILES string of the molecule is Nc1cnc(-c2ccc3ccccc3c2)nc1-c1ccc2ccccc2c1. The van der Waals surface area contributed by atoms with Crippen LogP contribution < -0.4 is 5.73 Å². The zero-order chi connectivity index (χ0) is 18.2. The molecule has 4 aromatic carbocycles. The summed E-state index contributed by atoms with van der Waals surface area (Å²) in [5, 5.41) is 4.73. The molecule has 1 heterocycles. The maximum Gasteiger partial charge on any atom is 0.159 e. The van der Waals surface area contributed by atoms with Gasteiger partial charge in [0.05, 0.1) is 17.6 Å². The number of nitrogens with two attached hydrogens (primary N) is 1. The summed E-state index contributed by atoms with van der Waals surface area (Å²) in [6.07, 6.45) is 1.70. The summed E-state index contributed by atoms with van der Waals surface area (Å²) in [5.41, 5.74) is 9.53. The summed E-state index contributed by atoms with van der Waals surface area (Å²) in [7, 11) is 0. The topological polar surface area (TPSA) is 51.8 Å². The maximum atomic E-state index is 6.21. The number of benzene rings is 4. The summed E-state index contributed by atoms with van der Waals surface area (Å²) in [6.45, 7) is 0. The van der Waals surface area contributed by atoms with Crippen LogP contribution in [0.25, 0.3) is 44.2 Å². The van der Waals surface area contributed by atoms with Gasteiger partial charge in [-0.3, -0.25) is 0 Å². The molecule has 0 aliphatic rings. The van der Waals surface area contributed by atoms with E-state index in [0.29, 0.717) is 11.5 Å². The van der Waals surface area contributed by atoms with Gasteiger partial charge in [-0.15, -0.1) is 0 Å². The summed E-state index contributed by atoms with van der Waals surface area (Å²) >= 11 is 0. The van der Waals surface area contributed by atoms with E-state index in [9.17, 15) is 0 Å². The van der Waals surface area contributed by atoms with Gasteiger partial charge in [0.2, 0.25) is 0 Å². The van der Waals surface area contributed by atoms with Crippen LogP contribution in [0.2, 0.25) is 0 Å². The molecule has 0 aliphatic carbocycles. The molecule has 3 nitrogen and oxygen atoms in total. The molecule has 0 spiro atoms. The zero-order valence-corrected chi connectivity index (χ0v) is 14.6. The molecular weight excluding hydrogens is 330 g/mol. The standard InChI is InChI=1S/C24H17N3/c25-22-15-26-24(21-12-10-17-6-2-4-8-19(17)14-21)27-23(22)20-11-9-16-5-1-3-7-18(16)13-20/h1-15H,25H2. The molecule has 3 heteroatoms. The summed E-state index contributed by atoms with van der Waals surface area (Å²) in [6, 6.07) is 29.1. The first-order valence-electron chi connectivity index (χ1n) is 8.89. The van der Waals surface area contributed by atoms with Crippen LogP contribution in [0, 0.1) is 0 Å². The Labute approximate surface area is 157 Å². The molecule has 0 unspecified atom stereocenters. The molecule has 0 bridgehead atoms. The third-order valence-electron chi connectivity index (χ3n) is 4.85. The highest BCUT2D eigenvalue weighted by molar-refractivity contribution is 5.89. The van der Waals surface area contributed by atoms with Gasteiger partial charge in [0, 0.05) is 11.1 Å². The van der Waals surface area contributed by atoms with Gasteiger partial charge in [0.1, 0.15) is 0 Å². The Morgan fingerprint density at radius 2 is 1.15 bits per heavy atom. The number of aromatic nitrogens is 2. The van der Waals surface area contributed by atoms with Crippen molar-refractivity contribution < 1.29 is 0 Å². The molecule has 5 aromatic rings. The van der Waals surface area contributed by atoms with Crippen molar-refractivity contribution in [3.05, 3.63) is 91.1 Å². The number of rotatable bonds is 2. The normalized spacial score (nSPS) is 11.1. The van der Waals surface area contributed by atoms with Crippen molar-refractivity contribution in [3.8, 4) is 22.6 Å². The maximum absolute atomic E-state index is 6.21. The van der Waals surface area contributed by atoms with Gasteiger partial charge in [-0.2, -0.15) is 0 Å². The van der Waals surface area contributed by atoms with Gasteiger partial charge in [-0.05, 0) is 33.7 Å². The van der Waals surface area contributed by atoms with Crippen molar-refractivity contribution in [2.75, 3.05) is 5.73 Å². The molecule has 5 rings (SSSR count). The first-order valence-corrected chi connectivity index (χ1v) is 8.89. The van der Waals surface area contributed by atoms with Gasteiger partial charge in [-0.25, -0.2) is 9.97 Å². The van der Waals surface area contributed by atoms with Crippen molar-refractivity contribution >= 4 is 27.2 Å². The average molecular weight is 347 g/mol. The molecule has 0 aliphatic heterocycles. The Balaban J connectivity index is 1.64. The Kier molecular flexibility index (Phi) is 3.58. The van der Waals surface area contributed by atoms with Crippen molar-refractivity contribution in [3.63, 3.8) is 0 Å². The van der Waals surface area contributed by atoms with Crippen molar-refractivity contribution in [1.29, 1.82) is 0 Å². The fraction of sp³-hybridized carbons (Fsp3) is 0. The second kappa shape index (κ2) is 6.22. The highest BCUT2D eigenvalue weighted by Gasteiger charge is 2.10. The lowest BCUT2D eigenvalue weighted by atomic mass is 10.0. The third kappa shape index (κ3) is 2.79. The van der Waals surface area contributed by atoms with Gasteiger partial charge < -0.3 is 5.73 Å². The Morgan fingerprint density at radius 3 is 1.81 bits per heavy atom.